The fourth-order valence-electron chi connectivity index (χ4n) is 3.38. The second kappa shape index (κ2) is 6.59. The third kappa shape index (κ3) is 2.85. The van der Waals surface area contributed by atoms with Crippen molar-refractivity contribution in [1.29, 1.82) is 0 Å². The van der Waals surface area contributed by atoms with Crippen LogP contribution < -0.4 is 9.47 Å². The molecular weight excluding hydrogens is 368 g/mol. The zero-order valence-corrected chi connectivity index (χ0v) is 16.2. The zero-order valence-electron chi connectivity index (χ0n) is 16.2. The van der Waals surface area contributed by atoms with Gasteiger partial charge in [-0.3, -0.25) is 0 Å². The van der Waals surface area contributed by atoms with Gasteiger partial charge in [0.05, 0.1) is 43.5 Å². The lowest BCUT2D eigenvalue weighted by Gasteiger charge is -2.07. The maximum Gasteiger partial charge on any atom is 0.216 e. The highest BCUT2D eigenvalue weighted by Gasteiger charge is 2.13. The average molecular weight is 386 g/mol. The second-order valence-electron chi connectivity index (χ2n) is 6.65. The van der Waals surface area contributed by atoms with E-state index >= 15 is 0 Å². The third-order valence-corrected chi connectivity index (χ3v) is 4.91. The largest absolute Gasteiger partial charge is 0.481 e. The number of benzene rings is 1. The molecule has 5 rings (SSSR count). The summed E-state index contributed by atoms with van der Waals surface area (Å²) in [5.41, 5.74) is 7.08. The number of nitrogens with zero attached hydrogens (tertiary/aromatic N) is 5. The van der Waals surface area contributed by atoms with E-state index in [4.69, 9.17) is 14.5 Å². The maximum absolute atomic E-state index is 5.28. The summed E-state index contributed by atoms with van der Waals surface area (Å²) >= 11 is 0. The van der Waals surface area contributed by atoms with E-state index in [9.17, 15) is 0 Å². The molecule has 29 heavy (non-hydrogen) atoms. The first-order valence-corrected chi connectivity index (χ1v) is 9.02. The van der Waals surface area contributed by atoms with Crippen molar-refractivity contribution in [2.24, 2.45) is 7.05 Å². The van der Waals surface area contributed by atoms with E-state index in [0.717, 1.165) is 38.9 Å². The number of ether oxygens (including phenoxy) is 2. The number of nitrogens with one attached hydrogen (secondary N) is 1. The minimum absolute atomic E-state index is 0.456. The molecule has 0 aliphatic rings. The summed E-state index contributed by atoms with van der Waals surface area (Å²) in [7, 11) is 5.12. The van der Waals surface area contributed by atoms with Crippen LogP contribution in [-0.2, 0) is 7.05 Å². The molecule has 0 atom stereocenters. The molecule has 0 unspecified atom stereocenters. The van der Waals surface area contributed by atoms with E-state index in [1.54, 1.807) is 20.4 Å². The normalized spacial score (nSPS) is 11.3. The van der Waals surface area contributed by atoms with Crippen LogP contribution in [0.25, 0.3) is 44.6 Å². The van der Waals surface area contributed by atoms with Crippen molar-refractivity contribution < 1.29 is 9.47 Å². The highest BCUT2D eigenvalue weighted by molar-refractivity contribution is 5.94. The summed E-state index contributed by atoms with van der Waals surface area (Å²) in [5, 5.41) is 0. The number of aromatic nitrogens is 6. The van der Waals surface area contributed by atoms with Crippen LogP contribution in [-0.4, -0.2) is 43.7 Å². The van der Waals surface area contributed by atoms with Crippen LogP contribution in [0.15, 0.2) is 49.1 Å². The smallest absolute Gasteiger partial charge is 0.216 e. The van der Waals surface area contributed by atoms with Gasteiger partial charge in [-0.25, -0.2) is 15.0 Å². The van der Waals surface area contributed by atoms with Crippen LogP contribution in [0.4, 0.5) is 0 Å². The lowest BCUT2D eigenvalue weighted by atomic mass is 10.1. The molecule has 0 radical (unpaired) electrons. The Morgan fingerprint density at radius 1 is 0.931 bits per heavy atom. The SMILES string of the molecule is COc1cc(-c2cnc3[nH]cc(-c4ccc5ncn(C)c5c4)c3n2)cc(OC)n1. The molecule has 1 N–H and O–H groups in total. The second-order valence-corrected chi connectivity index (χ2v) is 6.65. The molecule has 0 fully saturated rings. The summed E-state index contributed by atoms with van der Waals surface area (Å²) < 4.78 is 12.6. The van der Waals surface area contributed by atoms with E-state index in [0.29, 0.717) is 17.5 Å². The average Bonchev–Trinajstić information content (AvgIpc) is 3.36. The monoisotopic (exact) mass is 386 g/mol. The molecule has 144 valence electrons. The molecule has 0 spiro atoms. The van der Waals surface area contributed by atoms with Crippen molar-refractivity contribution in [3.63, 3.8) is 0 Å². The minimum atomic E-state index is 0.456. The molecule has 0 aliphatic carbocycles. The summed E-state index contributed by atoms with van der Waals surface area (Å²) in [5.74, 6) is 0.911. The van der Waals surface area contributed by atoms with Crippen LogP contribution >= 0.6 is 0 Å². The van der Waals surface area contributed by atoms with Gasteiger partial charge >= 0.3 is 0 Å². The van der Waals surface area contributed by atoms with Gasteiger partial charge in [-0.1, -0.05) is 6.07 Å². The zero-order chi connectivity index (χ0) is 20.0. The fourth-order valence-corrected chi connectivity index (χ4v) is 3.38. The molecule has 4 aromatic heterocycles. The number of hydrogen-bond donors (Lipinski definition) is 1. The van der Waals surface area contributed by atoms with Gasteiger partial charge < -0.3 is 19.0 Å². The first-order chi connectivity index (χ1) is 14.2. The molecule has 8 heteroatoms. The Hall–Kier alpha value is -3.94. The number of fused-ring (bicyclic) bond motifs is 2. The lowest BCUT2D eigenvalue weighted by Crippen LogP contribution is -1.95. The number of H-pyrrole nitrogens is 1. The Kier molecular flexibility index (Phi) is 3.90. The van der Waals surface area contributed by atoms with Crippen molar-refractivity contribution in [1.82, 2.24) is 29.5 Å². The Morgan fingerprint density at radius 2 is 1.72 bits per heavy atom. The predicted octanol–water partition coefficient (Wildman–Crippen LogP) is 3.59. The van der Waals surface area contributed by atoms with Gasteiger partial charge in [0, 0.05) is 36.5 Å². The quantitative estimate of drug-likeness (QED) is 0.508. The van der Waals surface area contributed by atoms with Gasteiger partial charge in [0.25, 0.3) is 0 Å². The highest BCUT2D eigenvalue weighted by Crippen LogP contribution is 2.31. The Balaban J connectivity index is 1.66. The van der Waals surface area contributed by atoms with Crippen LogP contribution in [0, 0.1) is 0 Å². The van der Waals surface area contributed by atoms with Crippen molar-refractivity contribution in [2.45, 2.75) is 0 Å². The standard InChI is InChI=1S/C21H18N6O2/c1-27-11-24-15-5-4-12(6-17(15)27)14-9-22-21-20(14)25-16(10-23-21)13-7-18(28-2)26-19(8-13)29-3/h4-11H,1-3H3,(H,22,23). The molecule has 8 nitrogen and oxygen atoms in total. The van der Waals surface area contributed by atoms with E-state index in [1.165, 1.54) is 0 Å². The Morgan fingerprint density at radius 3 is 2.48 bits per heavy atom. The number of imidazole rings is 1. The van der Waals surface area contributed by atoms with Gasteiger partial charge in [0.1, 0.15) is 5.52 Å². The van der Waals surface area contributed by atoms with Crippen molar-refractivity contribution in [2.75, 3.05) is 14.2 Å². The Bertz CT molecular complexity index is 1330. The van der Waals surface area contributed by atoms with E-state index in [-0.39, 0.29) is 0 Å². The van der Waals surface area contributed by atoms with Crippen molar-refractivity contribution in [3.05, 3.63) is 49.1 Å². The first kappa shape index (κ1) is 17.2. The van der Waals surface area contributed by atoms with Crippen molar-refractivity contribution in [3.8, 4) is 34.1 Å². The summed E-state index contributed by atoms with van der Waals surface area (Å²) in [6.45, 7) is 0. The summed E-state index contributed by atoms with van der Waals surface area (Å²) in [4.78, 5) is 21.2. The van der Waals surface area contributed by atoms with Crippen LogP contribution in [0.5, 0.6) is 11.8 Å². The highest BCUT2D eigenvalue weighted by atomic mass is 16.5. The fraction of sp³-hybridized carbons (Fsp3) is 0.143. The third-order valence-electron chi connectivity index (χ3n) is 4.91. The molecule has 0 saturated heterocycles. The molecule has 0 saturated carbocycles. The number of hydrogen-bond acceptors (Lipinski definition) is 6. The molecule has 1 aromatic carbocycles. The molecular formula is C21H18N6O2. The number of aromatic amines is 1. The molecule has 0 amide bonds. The van der Waals surface area contributed by atoms with Crippen LogP contribution in [0.2, 0.25) is 0 Å². The van der Waals surface area contributed by atoms with E-state index in [2.05, 4.69) is 26.0 Å². The molecule has 0 bridgehead atoms. The molecule has 0 aliphatic heterocycles. The number of rotatable bonds is 4. The number of aryl methyl sites for hydroxylation is 1. The van der Waals surface area contributed by atoms with E-state index in [1.807, 2.05) is 48.4 Å². The first-order valence-electron chi connectivity index (χ1n) is 9.02. The topological polar surface area (TPSA) is 90.7 Å². The summed E-state index contributed by atoms with van der Waals surface area (Å²) in [6, 6.07) is 9.79. The predicted molar refractivity (Wildman–Crippen MR) is 110 cm³/mol. The van der Waals surface area contributed by atoms with Gasteiger partial charge in [-0.05, 0) is 17.7 Å². The van der Waals surface area contributed by atoms with E-state index < -0.39 is 0 Å². The van der Waals surface area contributed by atoms with Gasteiger partial charge in [-0.15, -0.1) is 0 Å². The Labute approximate surface area is 166 Å². The van der Waals surface area contributed by atoms with Gasteiger partial charge in [0.15, 0.2) is 5.65 Å². The lowest BCUT2D eigenvalue weighted by molar-refractivity contribution is 0.365. The maximum atomic E-state index is 5.28. The summed E-state index contributed by atoms with van der Waals surface area (Å²) in [6.07, 6.45) is 5.46. The number of methoxy groups -OCH3 is 2. The molecule has 5 aromatic rings. The molecule has 4 heterocycles. The number of pyridine rings is 1. The van der Waals surface area contributed by atoms with Gasteiger partial charge in [0.2, 0.25) is 11.8 Å². The van der Waals surface area contributed by atoms with Crippen LogP contribution in [0.1, 0.15) is 0 Å². The minimum Gasteiger partial charge on any atom is -0.481 e. The van der Waals surface area contributed by atoms with Crippen molar-refractivity contribution >= 4 is 22.2 Å². The van der Waals surface area contributed by atoms with Gasteiger partial charge in [-0.2, -0.15) is 4.98 Å². The van der Waals surface area contributed by atoms with Crippen LogP contribution in [0.3, 0.4) is 0 Å².